The standard InChI is InChI=1S/C18H16IN7O/c19-14-10-20-5-6-21-13(9-23-14)17-11-7-25-18(27)16(11)12(8-24-17)26-15-3-1-2-4-22-15/h1-6,8-10,20-21,23H,7H2,(H,22,26)(H,25,27). The number of anilines is 2. The van der Waals surface area contributed by atoms with Crippen LogP contribution in [-0.2, 0) is 6.54 Å². The van der Waals surface area contributed by atoms with Crippen LogP contribution in [0.1, 0.15) is 21.6 Å². The van der Waals surface area contributed by atoms with E-state index in [1.807, 2.05) is 30.6 Å². The predicted octanol–water partition coefficient (Wildman–Crippen LogP) is 2.25. The summed E-state index contributed by atoms with van der Waals surface area (Å²) in [6, 6.07) is 5.56. The number of carbonyl (C=O) groups is 1. The summed E-state index contributed by atoms with van der Waals surface area (Å²) in [5, 5.41) is 15.5. The molecule has 4 heterocycles. The fourth-order valence-corrected chi connectivity index (χ4v) is 3.14. The monoisotopic (exact) mass is 473 g/mol. The van der Waals surface area contributed by atoms with Crippen molar-refractivity contribution in [1.29, 1.82) is 0 Å². The van der Waals surface area contributed by atoms with E-state index in [1.54, 1.807) is 24.8 Å². The van der Waals surface area contributed by atoms with Gasteiger partial charge in [-0.2, -0.15) is 0 Å². The Labute approximate surface area is 169 Å². The summed E-state index contributed by atoms with van der Waals surface area (Å²) in [6.07, 6.45) is 10.6. The van der Waals surface area contributed by atoms with E-state index in [9.17, 15) is 4.79 Å². The van der Waals surface area contributed by atoms with E-state index in [0.29, 0.717) is 29.3 Å². The molecule has 4 rings (SSSR count). The summed E-state index contributed by atoms with van der Waals surface area (Å²) in [5.41, 5.74) is 3.51. The van der Waals surface area contributed by atoms with Crippen LogP contribution in [0.4, 0.5) is 11.5 Å². The summed E-state index contributed by atoms with van der Waals surface area (Å²) in [4.78, 5) is 21.3. The van der Waals surface area contributed by atoms with Crippen LogP contribution >= 0.6 is 22.6 Å². The predicted molar refractivity (Wildman–Crippen MR) is 112 cm³/mol. The summed E-state index contributed by atoms with van der Waals surface area (Å²) < 4.78 is 0.915. The van der Waals surface area contributed by atoms with Gasteiger partial charge in [-0.25, -0.2) is 4.98 Å². The smallest absolute Gasteiger partial charge is 0.254 e. The molecule has 9 heteroatoms. The van der Waals surface area contributed by atoms with Gasteiger partial charge in [0.25, 0.3) is 5.91 Å². The number of hydrogen-bond donors (Lipinski definition) is 5. The number of nitrogens with one attached hydrogen (secondary N) is 5. The normalized spacial score (nSPS) is 15.5. The number of nitrogens with zero attached hydrogens (tertiary/aromatic N) is 2. The highest BCUT2D eigenvalue weighted by molar-refractivity contribution is 14.1. The van der Waals surface area contributed by atoms with Crippen molar-refractivity contribution < 1.29 is 4.79 Å². The van der Waals surface area contributed by atoms with Crippen molar-refractivity contribution in [2.45, 2.75) is 6.54 Å². The van der Waals surface area contributed by atoms with Crippen molar-refractivity contribution >= 4 is 45.7 Å². The average molecular weight is 473 g/mol. The highest BCUT2D eigenvalue weighted by Gasteiger charge is 2.28. The molecule has 0 saturated heterocycles. The van der Waals surface area contributed by atoms with Gasteiger partial charge in [-0.1, -0.05) is 6.07 Å². The zero-order valence-corrected chi connectivity index (χ0v) is 16.2. The fraction of sp³-hybridized carbons (Fsp3) is 0.0556. The number of hydrogen-bond acceptors (Lipinski definition) is 7. The van der Waals surface area contributed by atoms with Gasteiger partial charge in [0.1, 0.15) is 5.82 Å². The second-order valence-electron chi connectivity index (χ2n) is 5.74. The van der Waals surface area contributed by atoms with Gasteiger partial charge in [-0.05, 0) is 34.7 Å². The molecule has 0 saturated carbocycles. The molecule has 2 aromatic heterocycles. The minimum absolute atomic E-state index is 0.129. The topological polar surface area (TPSA) is 103 Å². The third-order valence-electron chi connectivity index (χ3n) is 4.00. The molecule has 2 aliphatic rings. The molecule has 0 atom stereocenters. The SMILES string of the molecule is O=C1NCc2c(C3=CNC(I)=CNC=CN3)ncc(Nc3ccccn3)c21. The van der Waals surface area contributed by atoms with E-state index < -0.39 is 0 Å². The van der Waals surface area contributed by atoms with Crippen molar-refractivity contribution in [1.82, 2.24) is 31.2 Å². The van der Waals surface area contributed by atoms with E-state index in [0.717, 1.165) is 15.0 Å². The molecule has 27 heavy (non-hydrogen) atoms. The third kappa shape index (κ3) is 3.72. The Morgan fingerprint density at radius 1 is 1.11 bits per heavy atom. The first-order valence-electron chi connectivity index (χ1n) is 8.21. The Kier molecular flexibility index (Phi) is 4.92. The van der Waals surface area contributed by atoms with Gasteiger partial charge in [0.05, 0.1) is 32.5 Å². The first-order chi connectivity index (χ1) is 13.2. The molecule has 0 aromatic carbocycles. The molecular formula is C18H16IN7O. The second-order valence-corrected chi connectivity index (χ2v) is 6.90. The molecule has 2 aliphatic heterocycles. The molecule has 0 unspecified atom stereocenters. The molecule has 0 fully saturated rings. The number of amides is 1. The third-order valence-corrected chi connectivity index (χ3v) is 4.62. The lowest BCUT2D eigenvalue weighted by Gasteiger charge is -2.14. The summed E-state index contributed by atoms with van der Waals surface area (Å²) >= 11 is 2.18. The molecule has 1 amide bonds. The molecule has 136 valence electrons. The number of fused-ring (bicyclic) bond motifs is 1. The Morgan fingerprint density at radius 3 is 2.89 bits per heavy atom. The number of rotatable bonds is 3. The van der Waals surface area contributed by atoms with Crippen molar-refractivity contribution in [2.24, 2.45) is 0 Å². The Bertz CT molecular complexity index is 969. The Hall–Kier alpha value is -3.08. The van der Waals surface area contributed by atoms with Gasteiger partial charge < -0.3 is 26.6 Å². The lowest BCUT2D eigenvalue weighted by molar-refractivity contribution is 0.0966. The molecule has 0 aliphatic carbocycles. The quantitative estimate of drug-likeness (QED) is 0.344. The highest BCUT2D eigenvalue weighted by atomic mass is 127. The lowest BCUT2D eigenvalue weighted by atomic mass is 10.1. The van der Waals surface area contributed by atoms with Crippen LogP contribution < -0.4 is 26.6 Å². The Morgan fingerprint density at radius 2 is 2.04 bits per heavy atom. The second kappa shape index (κ2) is 7.66. The van der Waals surface area contributed by atoms with Crippen LogP contribution in [0.25, 0.3) is 5.70 Å². The van der Waals surface area contributed by atoms with Crippen LogP contribution in [0.15, 0.2) is 59.1 Å². The molecule has 2 aromatic rings. The first-order valence-corrected chi connectivity index (χ1v) is 9.29. The molecule has 5 N–H and O–H groups in total. The van der Waals surface area contributed by atoms with Gasteiger partial charge in [-0.15, -0.1) is 0 Å². The van der Waals surface area contributed by atoms with Crippen LogP contribution in [-0.4, -0.2) is 15.9 Å². The van der Waals surface area contributed by atoms with E-state index >= 15 is 0 Å². The Balaban J connectivity index is 1.74. The van der Waals surface area contributed by atoms with Gasteiger partial charge in [0, 0.05) is 43.1 Å². The zero-order chi connectivity index (χ0) is 18.6. The van der Waals surface area contributed by atoms with Crippen molar-refractivity contribution in [3.63, 3.8) is 0 Å². The maximum Gasteiger partial charge on any atom is 0.254 e. The number of carbonyl (C=O) groups excluding carboxylic acids is 1. The first kappa shape index (κ1) is 17.3. The van der Waals surface area contributed by atoms with Crippen molar-refractivity contribution in [3.8, 4) is 0 Å². The van der Waals surface area contributed by atoms with E-state index in [-0.39, 0.29) is 5.91 Å². The van der Waals surface area contributed by atoms with Crippen LogP contribution in [0, 0.1) is 0 Å². The molecule has 0 bridgehead atoms. The molecule has 0 spiro atoms. The summed E-state index contributed by atoms with van der Waals surface area (Å²) in [5.74, 6) is 0.527. The number of aromatic nitrogens is 2. The van der Waals surface area contributed by atoms with E-state index in [1.165, 1.54) is 0 Å². The van der Waals surface area contributed by atoms with Crippen molar-refractivity contribution in [3.05, 3.63) is 75.9 Å². The van der Waals surface area contributed by atoms with Crippen LogP contribution in [0.5, 0.6) is 0 Å². The largest absolute Gasteiger partial charge is 0.364 e. The minimum atomic E-state index is -0.129. The van der Waals surface area contributed by atoms with E-state index in [4.69, 9.17) is 0 Å². The summed E-state index contributed by atoms with van der Waals surface area (Å²) in [7, 11) is 0. The maximum absolute atomic E-state index is 12.5. The van der Waals surface area contributed by atoms with Crippen LogP contribution in [0.3, 0.4) is 0 Å². The zero-order valence-electron chi connectivity index (χ0n) is 14.1. The maximum atomic E-state index is 12.5. The molecular weight excluding hydrogens is 457 g/mol. The minimum Gasteiger partial charge on any atom is -0.364 e. The van der Waals surface area contributed by atoms with Gasteiger partial charge in [0.2, 0.25) is 0 Å². The highest BCUT2D eigenvalue weighted by Crippen LogP contribution is 2.30. The van der Waals surface area contributed by atoms with Crippen molar-refractivity contribution in [2.75, 3.05) is 5.32 Å². The average Bonchev–Trinajstić information content (AvgIpc) is 3.11. The van der Waals surface area contributed by atoms with Gasteiger partial charge >= 0.3 is 0 Å². The summed E-state index contributed by atoms with van der Waals surface area (Å²) in [6.45, 7) is 0.419. The van der Waals surface area contributed by atoms with Gasteiger partial charge in [-0.3, -0.25) is 9.78 Å². The molecule has 0 radical (unpaired) electrons. The fourth-order valence-electron chi connectivity index (χ4n) is 2.80. The molecule has 8 nitrogen and oxygen atoms in total. The lowest BCUT2D eigenvalue weighted by Crippen LogP contribution is -2.14. The van der Waals surface area contributed by atoms with Gasteiger partial charge in [0.15, 0.2) is 0 Å². The van der Waals surface area contributed by atoms with Crippen LogP contribution in [0.2, 0.25) is 0 Å². The number of halogens is 1. The van der Waals surface area contributed by atoms with E-state index in [2.05, 4.69) is 59.1 Å². The number of pyridine rings is 2.